The zero-order valence-corrected chi connectivity index (χ0v) is 11.4. The monoisotopic (exact) mass is 253 g/mol. The first-order valence-electron chi connectivity index (χ1n) is 6.25. The number of nitrogens with zero attached hydrogens (tertiary/aromatic N) is 3. The lowest BCUT2D eigenvalue weighted by Gasteiger charge is -2.20. The van der Waals surface area contributed by atoms with Crippen LogP contribution in [0.3, 0.4) is 0 Å². The molecule has 0 aliphatic carbocycles. The molecule has 0 aromatic carbocycles. The SMILES string of the molecule is CC(C)N(C)CCNC(=O)c1cn(CCN)cn1. The third-order valence-electron chi connectivity index (χ3n) is 2.88. The van der Waals surface area contributed by atoms with E-state index in [1.165, 1.54) is 0 Å². The lowest BCUT2D eigenvalue weighted by Crippen LogP contribution is -2.36. The van der Waals surface area contributed by atoms with Crippen LogP contribution in [0.25, 0.3) is 0 Å². The minimum absolute atomic E-state index is 0.136. The molecule has 0 atom stereocenters. The van der Waals surface area contributed by atoms with Crippen LogP contribution in [0.1, 0.15) is 24.3 Å². The summed E-state index contributed by atoms with van der Waals surface area (Å²) in [5.41, 5.74) is 5.87. The van der Waals surface area contributed by atoms with Gasteiger partial charge in [-0.15, -0.1) is 0 Å². The van der Waals surface area contributed by atoms with Gasteiger partial charge in [-0.05, 0) is 20.9 Å². The minimum atomic E-state index is -0.136. The Morgan fingerprint density at radius 3 is 2.94 bits per heavy atom. The summed E-state index contributed by atoms with van der Waals surface area (Å²) in [6.45, 7) is 6.91. The van der Waals surface area contributed by atoms with Crippen molar-refractivity contribution >= 4 is 5.91 Å². The molecular weight excluding hydrogens is 230 g/mol. The number of likely N-dealkylation sites (N-methyl/N-ethyl adjacent to an activating group) is 1. The standard InChI is InChI=1S/C12H23N5O/c1-10(2)16(3)7-5-14-12(18)11-8-17(6-4-13)9-15-11/h8-10H,4-7,13H2,1-3H3,(H,14,18). The first-order valence-corrected chi connectivity index (χ1v) is 6.25. The molecule has 0 saturated carbocycles. The maximum atomic E-state index is 11.8. The minimum Gasteiger partial charge on any atom is -0.349 e. The lowest BCUT2D eigenvalue weighted by molar-refractivity contribution is 0.0943. The molecule has 0 fully saturated rings. The highest BCUT2D eigenvalue weighted by atomic mass is 16.1. The van der Waals surface area contributed by atoms with Gasteiger partial charge in [-0.1, -0.05) is 0 Å². The van der Waals surface area contributed by atoms with Crippen LogP contribution in [0.2, 0.25) is 0 Å². The molecule has 3 N–H and O–H groups in total. The fourth-order valence-electron chi connectivity index (χ4n) is 1.44. The van der Waals surface area contributed by atoms with Crippen LogP contribution in [-0.4, -0.2) is 53.1 Å². The third kappa shape index (κ3) is 4.46. The molecule has 0 unspecified atom stereocenters. The van der Waals surface area contributed by atoms with E-state index in [1.807, 2.05) is 11.6 Å². The van der Waals surface area contributed by atoms with Gasteiger partial charge in [-0.3, -0.25) is 4.79 Å². The molecule has 1 aromatic heterocycles. The van der Waals surface area contributed by atoms with Crippen molar-refractivity contribution in [2.75, 3.05) is 26.7 Å². The second kappa shape index (κ2) is 7.13. The van der Waals surface area contributed by atoms with E-state index in [-0.39, 0.29) is 5.91 Å². The summed E-state index contributed by atoms with van der Waals surface area (Å²) < 4.78 is 1.81. The summed E-state index contributed by atoms with van der Waals surface area (Å²) in [7, 11) is 2.03. The van der Waals surface area contributed by atoms with Gasteiger partial charge in [0.15, 0.2) is 0 Å². The fraction of sp³-hybridized carbons (Fsp3) is 0.667. The number of nitrogens with two attached hydrogens (primary N) is 1. The highest BCUT2D eigenvalue weighted by molar-refractivity contribution is 5.91. The molecule has 0 bridgehead atoms. The van der Waals surface area contributed by atoms with Crippen molar-refractivity contribution in [1.29, 1.82) is 0 Å². The molecule has 1 heterocycles. The van der Waals surface area contributed by atoms with Crippen molar-refractivity contribution in [3.63, 3.8) is 0 Å². The van der Waals surface area contributed by atoms with E-state index in [1.54, 1.807) is 12.5 Å². The maximum Gasteiger partial charge on any atom is 0.271 e. The molecule has 1 rings (SSSR count). The van der Waals surface area contributed by atoms with Gasteiger partial charge in [0.2, 0.25) is 0 Å². The molecule has 6 nitrogen and oxygen atoms in total. The Bertz CT molecular complexity index is 374. The Morgan fingerprint density at radius 2 is 2.33 bits per heavy atom. The molecule has 18 heavy (non-hydrogen) atoms. The number of nitrogens with one attached hydrogen (secondary N) is 1. The number of hydrogen-bond donors (Lipinski definition) is 2. The van der Waals surface area contributed by atoms with E-state index in [4.69, 9.17) is 5.73 Å². The zero-order chi connectivity index (χ0) is 13.5. The third-order valence-corrected chi connectivity index (χ3v) is 2.88. The number of aromatic nitrogens is 2. The Kier molecular flexibility index (Phi) is 5.80. The fourth-order valence-corrected chi connectivity index (χ4v) is 1.44. The van der Waals surface area contributed by atoms with Crippen LogP contribution in [0, 0.1) is 0 Å². The molecule has 0 saturated heterocycles. The summed E-state index contributed by atoms with van der Waals surface area (Å²) >= 11 is 0. The average molecular weight is 253 g/mol. The van der Waals surface area contributed by atoms with Gasteiger partial charge >= 0.3 is 0 Å². The van der Waals surface area contributed by atoms with E-state index >= 15 is 0 Å². The van der Waals surface area contributed by atoms with Crippen molar-refractivity contribution < 1.29 is 4.79 Å². The van der Waals surface area contributed by atoms with E-state index in [0.717, 1.165) is 6.54 Å². The Morgan fingerprint density at radius 1 is 1.61 bits per heavy atom. The first-order chi connectivity index (χ1) is 8.54. The van der Waals surface area contributed by atoms with Gasteiger partial charge in [0.05, 0.1) is 6.33 Å². The summed E-state index contributed by atoms with van der Waals surface area (Å²) in [6.07, 6.45) is 3.34. The molecule has 1 aromatic rings. The Balaban J connectivity index is 2.36. The second-order valence-corrected chi connectivity index (χ2v) is 4.62. The van der Waals surface area contributed by atoms with Crippen LogP contribution in [0.4, 0.5) is 0 Å². The zero-order valence-electron chi connectivity index (χ0n) is 11.4. The van der Waals surface area contributed by atoms with Crippen LogP contribution in [0.5, 0.6) is 0 Å². The summed E-state index contributed by atoms with van der Waals surface area (Å²) in [6, 6.07) is 0.477. The van der Waals surface area contributed by atoms with Crippen LogP contribution in [-0.2, 0) is 6.54 Å². The van der Waals surface area contributed by atoms with Crippen molar-refractivity contribution in [2.24, 2.45) is 5.73 Å². The largest absolute Gasteiger partial charge is 0.349 e. The molecule has 0 radical (unpaired) electrons. The van der Waals surface area contributed by atoms with Crippen LogP contribution < -0.4 is 11.1 Å². The van der Waals surface area contributed by atoms with Gasteiger partial charge in [-0.25, -0.2) is 4.98 Å². The van der Waals surface area contributed by atoms with Crippen molar-refractivity contribution in [2.45, 2.75) is 26.4 Å². The van der Waals surface area contributed by atoms with Crippen molar-refractivity contribution in [3.8, 4) is 0 Å². The predicted octanol–water partition coefficient (Wildman–Crippen LogP) is -0.0882. The van der Waals surface area contributed by atoms with Gasteiger partial charge < -0.3 is 20.5 Å². The number of rotatable bonds is 7. The normalized spacial score (nSPS) is 11.2. The van der Waals surface area contributed by atoms with Crippen molar-refractivity contribution in [3.05, 3.63) is 18.2 Å². The number of carbonyl (C=O) groups is 1. The van der Waals surface area contributed by atoms with Gasteiger partial charge in [0.1, 0.15) is 5.69 Å². The topological polar surface area (TPSA) is 76.2 Å². The van der Waals surface area contributed by atoms with E-state index in [0.29, 0.717) is 31.4 Å². The highest BCUT2D eigenvalue weighted by Gasteiger charge is 2.09. The quantitative estimate of drug-likeness (QED) is 0.712. The van der Waals surface area contributed by atoms with Crippen LogP contribution >= 0.6 is 0 Å². The van der Waals surface area contributed by atoms with Gasteiger partial charge in [0, 0.05) is 38.4 Å². The number of hydrogen-bond acceptors (Lipinski definition) is 4. The molecule has 0 aliphatic rings. The number of carbonyl (C=O) groups excluding carboxylic acids is 1. The summed E-state index contributed by atoms with van der Waals surface area (Å²) in [4.78, 5) is 18.0. The smallest absolute Gasteiger partial charge is 0.271 e. The van der Waals surface area contributed by atoms with E-state index < -0.39 is 0 Å². The van der Waals surface area contributed by atoms with Gasteiger partial charge in [0.25, 0.3) is 5.91 Å². The number of amides is 1. The molecule has 0 spiro atoms. The van der Waals surface area contributed by atoms with E-state index in [2.05, 4.69) is 29.0 Å². The summed E-state index contributed by atoms with van der Waals surface area (Å²) in [5.74, 6) is -0.136. The van der Waals surface area contributed by atoms with E-state index in [9.17, 15) is 4.79 Å². The molecule has 0 aliphatic heterocycles. The predicted molar refractivity (Wildman–Crippen MR) is 71.4 cm³/mol. The highest BCUT2D eigenvalue weighted by Crippen LogP contribution is 1.96. The molecule has 102 valence electrons. The van der Waals surface area contributed by atoms with Gasteiger partial charge in [-0.2, -0.15) is 0 Å². The average Bonchev–Trinajstić information content (AvgIpc) is 2.77. The van der Waals surface area contributed by atoms with Crippen molar-refractivity contribution in [1.82, 2.24) is 19.8 Å². The van der Waals surface area contributed by atoms with Crippen LogP contribution in [0.15, 0.2) is 12.5 Å². The summed E-state index contributed by atoms with van der Waals surface area (Å²) in [5, 5.41) is 2.85. The first kappa shape index (κ1) is 14.7. The Hall–Kier alpha value is -1.40. The molecule has 1 amide bonds. The maximum absolute atomic E-state index is 11.8. The number of imidazole rings is 1. The molecule has 6 heteroatoms. The molecular formula is C12H23N5O. The Labute approximate surface area is 108 Å². The lowest BCUT2D eigenvalue weighted by atomic mass is 10.3. The second-order valence-electron chi connectivity index (χ2n) is 4.62.